The number of halogens is 1. The molecule has 3 fully saturated rings. The van der Waals surface area contributed by atoms with Gasteiger partial charge in [0.15, 0.2) is 0 Å². The summed E-state index contributed by atoms with van der Waals surface area (Å²) < 4.78 is 13.9. The van der Waals surface area contributed by atoms with Gasteiger partial charge in [-0.2, -0.15) is 0 Å². The second-order valence-corrected chi connectivity index (χ2v) is 6.57. The smallest absolute Gasteiger partial charge is 0.248 e. The normalized spacial score (nSPS) is 37.0. The summed E-state index contributed by atoms with van der Waals surface area (Å²) in [6.45, 7) is 0.544. The fraction of sp³-hybridized carbons (Fsp3) is 0.562. The van der Waals surface area contributed by atoms with Crippen molar-refractivity contribution in [3.05, 3.63) is 35.1 Å². The number of nitrogens with one attached hydrogen (secondary N) is 1. The maximum Gasteiger partial charge on any atom is 0.248 e. The van der Waals surface area contributed by atoms with Crippen molar-refractivity contribution in [3.8, 4) is 0 Å². The third-order valence-corrected chi connectivity index (χ3v) is 5.60. The first-order valence-electron chi connectivity index (χ1n) is 7.47. The van der Waals surface area contributed by atoms with E-state index in [1.807, 2.05) is 0 Å². The molecule has 0 spiro atoms. The number of nitrogens with two attached hydrogens (primary N) is 1. The van der Waals surface area contributed by atoms with Gasteiger partial charge in [0.25, 0.3) is 0 Å². The molecule has 3 N–H and O–H groups in total. The van der Waals surface area contributed by atoms with Gasteiger partial charge in [0.1, 0.15) is 5.82 Å². The van der Waals surface area contributed by atoms with Gasteiger partial charge >= 0.3 is 0 Å². The van der Waals surface area contributed by atoms with Crippen molar-refractivity contribution < 1.29 is 9.18 Å². The van der Waals surface area contributed by atoms with E-state index in [4.69, 9.17) is 5.73 Å². The molecule has 1 aromatic carbocycles. The lowest BCUT2D eigenvalue weighted by Gasteiger charge is -2.11. The average Bonchev–Trinajstić information content (AvgIpc) is 2.81. The van der Waals surface area contributed by atoms with Gasteiger partial charge in [-0.25, -0.2) is 4.39 Å². The van der Waals surface area contributed by atoms with E-state index in [-0.39, 0.29) is 11.4 Å². The molecule has 4 unspecified atom stereocenters. The molecule has 4 atom stereocenters. The zero-order valence-corrected chi connectivity index (χ0v) is 11.3. The molecule has 0 radical (unpaired) electrons. The Balaban J connectivity index is 1.40. The Morgan fingerprint density at radius 3 is 2.60 bits per heavy atom. The fourth-order valence-electron chi connectivity index (χ4n) is 4.67. The lowest BCUT2D eigenvalue weighted by Crippen LogP contribution is -2.23. The Morgan fingerprint density at radius 2 is 2.00 bits per heavy atom. The molecular weight excluding hydrogens is 255 g/mol. The van der Waals surface area contributed by atoms with Crippen molar-refractivity contribution in [1.29, 1.82) is 0 Å². The summed E-state index contributed by atoms with van der Waals surface area (Å²) in [5, 5.41) is 3.51. The van der Waals surface area contributed by atoms with Crippen molar-refractivity contribution in [2.75, 3.05) is 0 Å². The van der Waals surface area contributed by atoms with Crippen LogP contribution in [0.15, 0.2) is 18.2 Å². The van der Waals surface area contributed by atoms with Gasteiger partial charge in [-0.3, -0.25) is 4.79 Å². The minimum Gasteiger partial charge on any atom is -0.366 e. The summed E-state index contributed by atoms with van der Waals surface area (Å²) in [4.78, 5) is 11.0. The summed E-state index contributed by atoms with van der Waals surface area (Å²) in [6.07, 6.45) is 4.21. The quantitative estimate of drug-likeness (QED) is 0.883. The molecule has 3 saturated carbocycles. The fourth-order valence-corrected chi connectivity index (χ4v) is 4.67. The maximum absolute atomic E-state index is 13.9. The molecule has 3 nitrogen and oxygen atoms in total. The minimum absolute atomic E-state index is 0.229. The Kier molecular flexibility index (Phi) is 2.64. The number of amides is 1. The van der Waals surface area contributed by atoms with Crippen LogP contribution in [-0.2, 0) is 6.54 Å². The SMILES string of the molecule is NC(=O)c1ccc(CNC2C3C4CCC(C4)C23)c(F)c1. The number of benzene rings is 1. The molecule has 4 heteroatoms. The van der Waals surface area contributed by atoms with Crippen LogP contribution < -0.4 is 11.1 Å². The molecule has 0 aliphatic heterocycles. The van der Waals surface area contributed by atoms with E-state index < -0.39 is 5.91 Å². The van der Waals surface area contributed by atoms with Gasteiger partial charge in [-0.05, 0) is 55.1 Å². The van der Waals surface area contributed by atoms with Crippen molar-refractivity contribution in [1.82, 2.24) is 5.32 Å². The van der Waals surface area contributed by atoms with Crippen LogP contribution in [0.4, 0.5) is 4.39 Å². The topological polar surface area (TPSA) is 55.1 Å². The van der Waals surface area contributed by atoms with Crippen molar-refractivity contribution in [2.45, 2.75) is 31.8 Å². The first-order valence-corrected chi connectivity index (χ1v) is 7.47. The molecule has 0 heterocycles. The molecule has 3 aliphatic carbocycles. The highest BCUT2D eigenvalue weighted by Crippen LogP contribution is 2.65. The first-order chi connectivity index (χ1) is 9.65. The first kappa shape index (κ1) is 12.3. The molecule has 4 rings (SSSR count). The summed E-state index contributed by atoms with van der Waals surface area (Å²) in [7, 11) is 0. The summed E-state index contributed by atoms with van der Waals surface area (Å²) >= 11 is 0. The van der Waals surface area contributed by atoms with Gasteiger partial charge in [-0.15, -0.1) is 0 Å². The zero-order valence-electron chi connectivity index (χ0n) is 11.3. The number of carbonyl (C=O) groups is 1. The van der Waals surface area contributed by atoms with E-state index in [0.717, 1.165) is 23.7 Å². The van der Waals surface area contributed by atoms with E-state index in [1.54, 1.807) is 12.1 Å². The van der Waals surface area contributed by atoms with Crippen LogP contribution in [0.1, 0.15) is 35.2 Å². The van der Waals surface area contributed by atoms with Crippen molar-refractivity contribution in [3.63, 3.8) is 0 Å². The molecule has 1 amide bonds. The summed E-state index contributed by atoms with van der Waals surface area (Å²) in [5.41, 5.74) is 5.99. The Labute approximate surface area is 117 Å². The van der Waals surface area contributed by atoms with E-state index in [2.05, 4.69) is 5.32 Å². The number of fused-ring (bicyclic) bond motifs is 5. The Bertz CT molecular complexity index is 558. The summed E-state index contributed by atoms with van der Waals surface area (Å²) in [5.74, 6) is 2.61. The van der Waals surface area contributed by atoms with E-state index in [9.17, 15) is 9.18 Å². The molecular formula is C16H19FN2O. The Hall–Kier alpha value is -1.42. The highest BCUT2D eigenvalue weighted by atomic mass is 19.1. The van der Waals surface area contributed by atoms with Crippen LogP contribution in [0.3, 0.4) is 0 Å². The number of hydrogen-bond acceptors (Lipinski definition) is 2. The summed E-state index contributed by atoms with van der Waals surface area (Å²) in [6, 6.07) is 5.09. The zero-order chi connectivity index (χ0) is 13.9. The third-order valence-electron chi connectivity index (χ3n) is 5.60. The number of rotatable bonds is 4. The molecule has 2 bridgehead atoms. The average molecular weight is 274 g/mol. The van der Waals surface area contributed by atoms with Crippen LogP contribution in [0.5, 0.6) is 0 Å². The third kappa shape index (κ3) is 1.78. The standard InChI is InChI=1S/C16H19FN2O/c17-12-6-10(16(18)20)3-4-11(12)7-19-15-13-8-1-2-9(5-8)14(13)15/h3-4,6,8-9,13-15,19H,1-2,5,7H2,(H2,18,20). The largest absolute Gasteiger partial charge is 0.366 e. The molecule has 106 valence electrons. The van der Waals surface area contributed by atoms with Crippen LogP contribution in [0, 0.1) is 29.5 Å². The molecule has 0 aromatic heterocycles. The van der Waals surface area contributed by atoms with E-state index in [1.165, 1.54) is 25.3 Å². The second kappa shape index (κ2) is 4.29. The Morgan fingerprint density at radius 1 is 1.30 bits per heavy atom. The predicted octanol–water partition coefficient (Wildman–Crippen LogP) is 2.06. The predicted molar refractivity (Wildman–Crippen MR) is 73.4 cm³/mol. The maximum atomic E-state index is 13.9. The second-order valence-electron chi connectivity index (χ2n) is 6.57. The van der Waals surface area contributed by atoms with Crippen LogP contribution in [0.25, 0.3) is 0 Å². The van der Waals surface area contributed by atoms with Crippen LogP contribution >= 0.6 is 0 Å². The van der Waals surface area contributed by atoms with Gasteiger partial charge in [0, 0.05) is 23.7 Å². The highest BCUT2D eigenvalue weighted by Gasteiger charge is 2.64. The van der Waals surface area contributed by atoms with Crippen molar-refractivity contribution in [2.24, 2.45) is 29.4 Å². The highest BCUT2D eigenvalue weighted by molar-refractivity contribution is 5.92. The van der Waals surface area contributed by atoms with Gasteiger partial charge < -0.3 is 11.1 Å². The number of primary amides is 1. The van der Waals surface area contributed by atoms with E-state index >= 15 is 0 Å². The molecule has 20 heavy (non-hydrogen) atoms. The van der Waals surface area contributed by atoms with Gasteiger partial charge in [0.2, 0.25) is 5.91 Å². The number of hydrogen-bond donors (Lipinski definition) is 2. The molecule has 1 aromatic rings. The van der Waals surface area contributed by atoms with Crippen molar-refractivity contribution >= 4 is 5.91 Å². The lowest BCUT2D eigenvalue weighted by atomic mass is 10.0. The van der Waals surface area contributed by atoms with E-state index in [0.29, 0.717) is 18.2 Å². The van der Waals surface area contributed by atoms with Crippen LogP contribution in [0.2, 0.25) is 0 Å². The van der Waals surface area contributed by atoms with Crippen LogP contribution in [-0.4, -0.2) is 11.9 Å². The lowest BCUT2D eigenvalue weighted by molar-refractivity contribution is 0.1000. The van der Waals surface area contributed by atoms with Gasteiger partial charge in [0.05, 0.1) is 0 Å². The molecule has 3 aliphatic rings. The minimum atomic E-state index is -0.586. The monoisotopic (exact) mass is 274 g/mol. The number of carbonyl (C=O) groups excluding carboxylic acids is 1. The molecule has 0 saturated heterocycles. The van der Waals surface area contributed by atoms with Gasteiger partial charge in [-0.1, -0.05) is 6.07 Å².